The van der Waals surface area contributed by atoms with Gasteiger partial charge in [-0.2, -0.15) is 0 Å². The van der Waals surface area contributed by atoms with Crippen molar-refractivity contribution in [2.45, 2.75) is 0 Å². The van der Waals surface area contributed by atoms with Gasteiger partial charge < -0.3 is 15.1 Å². The molecule has 0 saturated carbocycles. The van der Waals surface area contributed by atoms with Crippen LogP contribution in [0.2, 0.25) is 0 Å². The molecule has 19 heavy (non-hydrogen) atoms. The monoisotopic (exact) mass is 267 g/mol. The summed E-state index contributed by atoms with van der Waals surface area (Å²) in [5.41, 5.74) is 0.227. The normalized spacial score (nSPS) is 10.7. The van der Waals surface area contributed by atoms with Crippen molar-refractivity contribution >= 4 is 18.0 Å². The lowest BCUT2D eigenvalue weighted by Crippen LogP contribution is -2.29. The first-order valence-electron chi connectivity index (χ1n) is 5.52. The Morgan fingerprint density at radius 1 is 1.42 bits per heavy atom. The van der Waals surface area contributed by atoms with Crippen molar-refractivity contribution in [3.8, 4) is 0 Å². The Morgan fingerprint density at radius 2 is 2.11 bits per heavy atom. The second-order valence-electron chi connectivity index (χ2n) is 3.86. The number of carboxylic acid groups (broad SMARTS) is 1. The van der Waals surface area contributed by atoms with Crippen LogP contribution in [-0.2, 0) is 4.79 Å². The largest absolute Gasteiger partial charge is 0.478 e. The zero-order valence-electron chi connectivity index (χ0n) is 10.3. The van der Waals surface area contributed by atoms with Crippen LogP contribution in [0.15, 0.2) is 24.3 Å². The van der Waals surface area contributed by atoms with Gasteiger partial charge in [-0.15, -0.1) is 0 Å². The number of aliphatic carboxylic acids is 1. The maximum Gasteiger partial charge on any atom is 0.328 e. The minimum atomic E-state index is -1.18. The summed E-state index contributed by atoms with van der Waals surface area (Å²) in [5.74, 6) is -2.27. The highest BCUT2D eigenvalue weighted by Crippen LogP contribution is 2.13. The average Bonchev–Trinajstić information content (AvgIpc) is 2.36. The van der Waals surface area contributed by atoms with Crippen LogP contribution in [0, 0.1) is 5.82 Å². The summed E-state index contributed by atoms with van der Waals surface area (Å²) in [7, 11) is 1.49. The van der Waals surface area contributed by atoms with Gasteiger partial charge >= 0.3 is 5.97 Å². The number of likely N-dealkylation sites (N-methyl/N-ethyl adjacent to an activating group) is 1. The summed E-state index contributed by atoms with van der Waals surface area (Å²) in [6.07, 6.45) is 1.93. The minimum Gasteiger partial charge on any atom is -0.478 e. The second-order valence-corrected chi connectivity index (χ2v) is 3.86. The SMILES string of the molecule is CN(CCO)C(=O)c1ccc(C=CC(=O)O)c(F)c1. The third-order valence-electron chi connectivity index (χ3n) is 2.43. The molecule has 1 aromatic rings. The average molecular weight is 267 g/mol. The van der Waals surface area contributed by atoms with Crippen molar-refractivity contribution in [2.24, 2.45) is 0 Å². The van der Waals surface area contributed by atoms with Gasteiger partial charge in [0.1, 0.15) is 5.82 Å². The molecular weight excluding hydrogens is 253 g/mol. The number of hydrogen-bond donors (Lipinski definition) is 2. The summed E-state index contributed by atoms with van der Waals surface area (Å²) in [6.45, 7) is -0.0225. The lowest BCUT2D eigenvalue weighted by Gasteiger charge is -2.15. The van der Waals surface area contributed by atoms with Crippen LogP contribution in [0.4, 0.5) is 4.39 Å². The number of carboxylic acids is 1. The van der Waals surface area contributed by atoms with Crippen molar-refractivity contribution < 1.29 is 24.2 Å². The Hall–Kier alpha value is -2.21. The Labute approximate surface area is 109 Å². The van der Waals surface area contributed by atoms with Gasteiger partial charge in [0.2, 0.25) is 0 Å². The number of hydrogen-bond acceptors (Lipinski definition) is 3. The molecule has 1 amide bonds. The highest BCUT2D eigenvalue weighted by Gasteiger charge is 2.12. The van der Waals surface area contributed by atoms with E-state index >= 15 is 0 Å². The van der Waals surface area contributed by atoms with E-state index in [9.17, 15) is 14.0 Å². The molecule has 0 aromatic heterocycles. The quantitative estimate of drug-likeness (QED) is 0.780. The van der Waals surface area contributed by atoms with E-state index in [0.717, 1.165) is 18.2 Å². The molecule has 0 unspecified atom stereocenters. The number of halogens is 1. The Bertz CT molecular complexity index is 513. The molecule has 0 spiro atoms. The molecule has 6 heteroatoms. The standard InChI is InChI=1S/C13H14FNO4/c1-15(6-7-16)13(19)10-3-2-9(11(14)8-10)4-5-12(17)18/h2-5,8,16H,6-7H2,1H3,(H,17,18). The van der Waals surface area contributed by atoms with E-state index in [1.807, 2.05) is 0 Å². The molecule has 102 valence electrons. The Morgan fingerprint density at radius 3 is 2.63 bits per heavy atom. The number of benzene rings is 1. The van der Waals surface area contributed by atoms with E-state index in [4.69, 9.17) is 10.2 Å². The van der Waals surface area contributed by atoms with Crippen molar-refractivity contribution in [3.63, 3.8) is 0 Å². The molecule has 0 fully saturated rings. The summed E-state index contributed by atoms with van der Waals surface area (Å²) in [4.78, 5) is 23.4. The fourth-order valence-electron chi connectivity index (χ4n) is 1.43. The summed E-state index contributed by atoms with van der Waals surface area (Å²) < 4.78 is 13.6. The van der Waals surface area contributed by atoms with E-state index in [1.54, 1.807) is 0 Å². The van der Waals surface area contributed by atoms with Crippen LogP contribution >= 0.6 is 0 Å². The first-order valence-corrected chi connectivity index (χ1v) is 5.52. The molecule has 2 N–H and O–H groups in total. The number of carbonyl (C=O) groups is 2. The lowest BCUT2D eigenvalue weighted by molar-refractivity contribution is -0.131. The summed E-state index contributed by atoms with van der Waals surface area (Å²) in [5, 5.41) is 17.2. The van der Waals surface area contributed by atoms with Gasteiger partial charge in [0.15, 0.2) is 0 Å². The fraction of sp³-hybridized carbons (Fsp3) is 0.231. The topological polar surface area (TPSA) is 77.8 Å². The first-order chi connectivity index (χ1) is 8.95. The third-order valence-corrected chi connectivity index (χ3v) is 2.43. The zero-order chi connectivity index (χ0) is 14.4. The number of amides is 1. The smallest absolute Gasteiger partial charge is 0.328 e. The fourth-order valence-corrected chi connectivity index (χ4v) is 1.43. The number of carbonyl (C=O) groups excluding carboxylic acids is 1. The molecule has 0 heterocycles. The highest BCUT2D eigenvalue weighted by atomic mass is 19.1. The molecular formula is C13H14FNO4. The van der Waals surface area contributed by atoms with Gasteiger partial charge in [0.05, 0.1) is 6.61 Å². The van der Waals surface area contributed by atoms with Crippen LogP contribution < -0.4 is 0 Å². The van der Waals surface area contributed by atoms with Crippen LogP contribution in [-0.4, -0.2) is 47.2 Å². The first kappa shape index (κ1) is 14.8. The van der Waals surface area contributed by atoms with Gasteiger partial charge in [-0.05, 0) is 18.2 Å². The third kappa shape index (κ3) is 4.18. The molecule has 0 bridgehead atoms. The maximum absolute atomic E-state index is 13.6. The van der Waals surface area contributed by atoms with Crippen LogP contribution in [0.3, 0.4) is 0 Å². The molecule has 0 atom stereocenters. The van der Waals surface area contributed by atoms with Crippen molar-refractivity contribution in [1.29, 1.82) is 0 Å². The van der Waals surface area contributed by atoms with E-state index < -0.39 is 17.7 Å². The molecule has 0 aliphatic heterocycles. The van der Waals surface area contributed by atoms with Gasteiger partial charge in [0, 0.05) is 30.8 Å². The Kier molecular flexibility index (Phi) is 5.20. The number of rotatable bonds is 5. The molecule has 0 radical (unpaired) electrons. The number of aliphatic hydroxyl groups is 1. The predicted octanol–water partition coefficient (Wildman–Crippen LogP) is 0.988. The Balaban J connectivity index is 2.93. The van der Waals surface area contributed by atoms with Crippen LogP contribution in [0.5, 0.6) is 0 Å². The molecule has 1 rings (SSSR count). The molecule has 0 aliphatic rings. The van der Waals surface area contributed by atoms with Gasteiger partial charge in [-0.1, -0.05) is 6.07 Å². The minimum absolute atomic E-state index is 0.0868. The van der Waals surface area contributed by atoms with Crippen LogP contribution in [0.1, 0.15) is 15.9 Å². The van der Waals surface area contributed by atoms with Crippen molar-refractivity contribution in [2.75, 3.05) is 20.2 Å². The predicted molar refractivity (Wildman–Crippen MR) is 67.1 cm³/mol. The van der Waals surface area contributed by atoms with E-state index in [-0.39, 0.29) is 24.3 Å². The lowest BCUT2D eigenvalue weighted by atomic mass is 10.1. The molecule has 0 aliphatic carbocycles. The highest BCUT2D eigenvalue weighted by molar-refractivity contribution is 5.94. The van der Waals surface area contributed by atoms with E-state index in [0.29, 0.717) is 0 Å². The summed E-state index contributed by atoms with van der Waals surface area (Å²) >= 11 is 0. The second kappa shape index (κ2) is 6.65. The van der Waals surface area contributed by atoms with Gasteiger partial charge in [-0.3, -0.25) is 4.79 Å². The van der Waals surface area contributed by atoms with Gasteiger partial charge in [-0.25, -0.2) is 9.18 Å². The van der Waals surface area contributed by atoms with Crippen molar-refractivity contribution in [3.05, 3.63) is 41.2 Å². The zero-order valence-corrected chi connectivity index (χ0v) is 10.3. The molecule has 1 aromatic carbocycles. The van der Waals surface area contributed by atoms with E-state index in [1.165, 1.54) is 24.1 Å². The number of nitrogens with zero attached hydrogens (tertiary/aromatic N) is 1. The maximum atomic E-state index is 13.6. The molecule has 5 nitrogen and oxygen atoms in total. The van der Waals surface area contributed by atoms with E-state index in [2.05, 4.69) is 0 Å². The van der Waals surface area contributed by atoms with Crippen molar-refractivity contribution in [1.82, 2.24) is 4.90 Å². The van der Waals surface area contributed by atoms with Gasteiger partial charge in [0.25, 0.3) is 5.91 Å². The summed E-state index contributed by atoms with van der Waals surface area (Å²) in [6, 6.07) is 3.77. The molecule has 0 saturated heterocycles. The van der Waals surface area contributed by atoms with Crippen LogP contribution in [0.25, 0.3) is 6.08 Å². The number of aliphatic hydroxyl groups excluding tert-OH is 1.